The summed E-state index contributed by atoms with van der Waals surface area (Å²) in [6, 6.07) is 22.2. The number of nitrogens with one attached hydrogen (secondary N) is 1. The van der Waals surface area contributed by atoms with Crippen LogP contribution in [0.15, 0.2) is 78.5 Å². The summed E-state index contributed by atoms with van der Waals surface area (Å²) in [5.41, 5.74) is 4.12. The molecule has 7 heteroatoms. The summed E-state index contributed by atoms with van der Waals surface area (Å²) in [5.74, 6) is 0.593. The van der Waals surface area contributed by atoms with Crippen LogP contribution in [0.2, 0.25) is 0 Å². The molecule has 4 rings (SSSR count). The monoisotopic (exact) mass is 409 g/mol. The third-order valence-electron chi connectivity index (χ3n) is 4.89. The van der Waals surface area contributed by atoms with Gasteiger partial charge in [-0.1, -0.05) is 48.0 Å². The van der Waals surface area contributed by atoms with Gasteiger partial charge >= 0.3 is 0 Å². The average Bonchev–Trinajstić information content (AvgIpc) is 3.16. The van der Waals surface area contributed by atoms with Crippen LogP contribution in [0.3, 0.4) is 0 Å². The second-order valence-corrected chi connectivity index (χ2v) is 7.06. The van der Waals surface area contributed by atoms with Gasteiger partial charge in [0.1, 0.15) is 17.2 Å². The van der Waals surface area contributed by atoms with E-state index in [0.29, 0.717) is 28.3 Å². The highest BCUT2D eigenvalue weighted by molar-refractivity contribution is 5.82. The Morgan fingerprint density at radius 1 is 1.16 bits per heavy atom. The van der Waals surface area contributed by atoms with Gasteiger partial charge in [0.25, 0.3) is 5.69 Å². The van der Waals surface area contributed by atoms with Crippen molar-refractivity contribution in [3.63, 3.8) is 0 Å². The van der Waals surface area contributed by atoms with E-state index in [1.54, 1.807) is 18.2 Å². The molecule has 7 nitrogen and oxygen atoms in total. The summed E-state index contributed by atoms with van der Waals surface area (Å²) >= 11 is 0. The van der Waals surface area contributed by atoms with E-state index in [-0.39, 0.29) is 12.2 Å². The predicted octanol–water partition coefficient (Wildman–Crippen LogP) is 5.24. The van der Waals surface area contributed by atoms with Gasteiger partial charge in [-0.05, 0) is 36.8 Å². The van der Waals surface area contributed by atoms with E-state index in [1.807, 2.05) is 66.1 Å². The minimum atomic E-state index is -0.416. The smallest absolute Gasteiger partial charge is 0.278 e. The van der Waals surface area contributed by atoms with Crippen LogP contribution < -0.4 is 5.32 Å². The van der Waals surface area contributed by atoms with Gasteiger partial charge in [0, 0.05) is 17.8 Å². The highest BCUT2D eigenvalue weighted by Gasteiger charge is 2.21. The molecule has 0 aliphatic heterocycles. The van der Waals surface area contributed by atoms with Crippen LogP contribution in [-0.4, -0.2) is 20.9 Å². The molecule has 0 aliphatic carbocycles. The van der Waals surface area contributed by atoms with Gasteiger partial charge in [-0.15, -0.1) is 0 Å². The van der Waals surface area contributed by atoms with E-state index in [9.17, 15) is 15.4 Å². The lowest BCUT2D eigenvalue weighted by atomic mass is 10.1. The first-order chi connectivity index (χ1) is 15.1. The fraction of sp³-hybridized carbons (Fsp3) is 0.0833. The number of aryl methyl sites for hydroxylation is 1. The lowest BCUT2D eigenvalue weighted by Crippen LogP contribution is -2.07. The number of imidazole rings is 1. The zero-order chi connectivity index (χ0) is 21.8. The van der Waals surface area contributed by atoms with Crippen molar-refractivity contribution in [1.29, 1.82) is 5.26 Å². The Morgan fingerprint density at radius 3 is 2.65 bits per heavy atom. The van der Waals surface area contributed by atoms with E-state index in [2.05, 4.69) is 16.4 Å². The molecule has 0 unspecified atom stereocenters. The fourth-order valence-corrected chi connectivity index (χ4v) is 3.35. The first-order valence-corrected chi connectivity index (χ1v) is 9.69. The number of hydrogen-bond acceptors (Lipinski definition) is 5. The number of benzene rings is 2. The number of nitrogens with zero attached hydrogens (tertiary/aromatic N) is 4. The van der Waals surface area contributed by atoms with E-state index in [4.69, 9.17) is 0 Å². The molecule has 1 N–H and O–H groups in total. The first-order valence-electron chi connectivity index (χ1n) is 9.69. The number of nitro benzene ring substituents is 1. The second kappa shape index (κ2) is 8.51. The Morgan fingerprint density at radius 2 is 1.90 bits per heavy atom. The number of fused-ring (bicyclic) bond motifs is 1. The number of pyridine rings is 1. The Bertz CT molecular complexity index is 1330. The maximum Gasteiger partial charge on any atom is 0.278 e. The molecule has 0 atom stereocenters. The summed E-state index contributed by atoms with van der Waals surface area (Å²) in [7, 11) is 0. The van der Waals surface area contributed by atoms with Gasteiger partial charge in [-0.3, -0.25) is 14.5 Å². The van der Waals surface area contributed by atoms with Crippen molar-refractivity contribution in [2.45, 2.75) is 6.92 Å². The predicted molar refractivity (Wildman–Crippen MR) is 121 cm³/mol. The van der Waals surface area contributed by atoms with Crippen LogP contribution in [0.5, 0.6) is 0 Å². The molecule has 2 aromatic heterocycles. The minimum Gasteiger partial charge on any atom is -0.365 e. The summed E-state index contributed by atoms with van der Waals surface area (Å²) < 4.78 is 1.83. The van der Waals surface area contributed by atoms with Gasteiger partial charge in [-0.2, -0.15) is 5.26 Å². The lowest BCUT2D eigenvalue weighted by molar-refractivity contribution is -0.384. The first kappa shape index (κ1) is 19.9. The Hall–Kier alpha value is -4.44. The molecule has 0 aliphatic rings. The summed E-state index contributed by atoms with van der Waals surface area (Å²) in [5, 5.41) is 24.4. The Balaban J connectivity index is 1.74. The molecule has 2 heterocycles. The van der Waals surface area contributed by atoms with E-state index in [0.717, 1.165) is 11.1 Å². The standard InChI is InChI=1S/C24H19N5O2/c1-17-9-11-18(12-10-17)14-19(15-25)16-26-24-23(27-22-8-4-5-13-28(22)24)20-6-2-3-7-21(20)29(30)31/h2-14,26H,16H2,1H3/b19-14+. The van der Waals surface area contributed by atoms with Gasteiger partial charge in [0.2, 0.25) is 0 Å². The maximum absolute atomic E-state index is 11.6. The SMILES string of the molecule is Cc1ccc(/C=C(\C#N)CNc2c(-c3ccccc3[N+](=O)[O-])nc3ccccn23)cc1. The van der Waals surface area contributed by atoms with E-state index in [1.165, 1.54) is 6.07 Å². The second-order valence-electron chi connectivity index (χ2n) is 7.06. The van der Waals surface area contributed by atoms with E-state index >= 15 is 0 Å². The zero-order valence-electron chi connectivity index (χ0n) is 16.8. The average molecular weight is 409 g/mol. The van der Waals surface area contributed by atoms with Crippen LogP contribution in [0, 0.1) is 28.4 Å². The van der Waals surface area contributed by atoms with Gasteiger partial charge in [0.05, 0.1) is 23.1 Å². The third-order valence-corrected chi connectivity index (χ3v) is 4.89. The van der Waals surface area contributed by atoms with Crippen molar-refractivity contribution in [3.05, 3.63) is 99.7 Å². The molecule has 4 aromatic rings. The lowest BCUT2D eigenvalue weighted by Gasteiger charge is -2.09. The van der Waals surface area contributed by atoms with Crippen LogP contribution in [0.25, 0.3) is 23.0 Å². The van der Waals surface area contributed by atoms with Crippen molar-refractivity contribution in [1.82, 2.24) is 9.38 Å². The Labute approximate surface area is 179 Å². The van der Waals surface area contributed by atoms with Crippen LogP contribution in [0.4, 0.5) is 11.5 Å². The molecule has 0 spiro atoms. The molecular formula is C24H19N5O2. The number of nitro groups is 1. The van der Waals surface area contributed by atoms with Crippen LogP contribution >= 0.6 is 0 Å². The molecule has 31 heavy (non-hydrogen) atoms. The van der Waals surface area contributed by atoms with Crippen molar-refractivity contribution in [2.75, 3.05) is 11.9 Å². The zero-order valence-corrected chi connectivity index (χ0v) is 16.8. The van der Waals surface area contributed by atoms with Crippen LogP contribution in [-0.2, 0) is 0 Å². The molecule has 0 radical (unpaired) electrons. The fourth-order valence-electron chi connectivity index (χ4n) is 3.35. The number of aromatic nitrogens is 2. The van der Waals surface area contributed by atoms with Gasteiger partial charge in [0.15, 0.2) is 0 Å². The number of para-hydroxylation sites is 1. The normalized spacial score (nSPS) is 11.3. The highest BCUT2D eigenvalue weighted by atomic mass is 16.6. The molecule has 0 saturated carbocycles. The number of anilines is 1. The largest absolute Gasteiger partial charge is 0.365 e. The van der Waals surface area contributed by atoms with Gasteiger partial charge < -0.3 is 5.32 Å². The van der Waals surface area contributed by atoms with E-state index < -0.39 is 4.92 Å². The topological polar surface area (TPSA) is 96.3 Å². The van der Waals surface area contributed by atoms with Crippen molar-refractivity contribution in [2.24, 2.45) is 0 Å². The van der Waals surface area contributed by atoms with Crippen molar-refractivity contribution < 1.29 is 4.92 Å². The quantitative estimate of drug-likeness (QED) is 0.267. The molecule has 0 amide bonds. The number of nitriles is 1. The van der Waals surface area contributed by atoms with Gasteiger partial charge in [-0.25, -0.2) is 4.98 Å². The third kappa shape index (κ3) is 4.14. The molecule has 0 fully saturated rings. The molecule has 0 bridgehead atoms. The molecular weight excluding hydrogens is 390 g/mol. The molecule has 2 aromatic carbocycles. The summed E-state index contributed by atoms with van der Waals surface area (Å²) in [4.78, 5) is 15.8. The summed E-state index contributed by atoms with van der Waals surface area (Å²) in [6.07, 6.45) is 3.65. The minimum absolute atomic E-state index is 0.0235. The summed E-state index contributed by atoms with van der Waals surface area (Å²) in [6.45, 7) is 2.26. The maximum atomic E-state index is 11.6. The number of hydrogen-bond donors (Lipinski definition) is 1. The molecule has 0 saturated heterocycles. The Kier molecular flexibility index (Phi) is 5.45. The van der Waals surface area contributed by atoms with Crippen molar-refractivity contribution in [3.8, 4) is 17.3 Å². The molecule has 152 valence electrons. The van der Waals surface area contributed by atoms with Crippen molar-refractivity contribution >= 4 is 23.2 Å². The number of rotatable bonds is 6. The van der Waals surface area contributed by atoms with Crippen LogP contribution in [0.1, 0.15) is 11.1 Å². The highest BCUT2D eigenvalue weighted by Crippen LogP contribution is 2.35.